The van der Waals surface area contributed by atoms with Crippen LogP contribution in [-0.4, -0.2) is 68.2 Å². The van der Waals surface area contributed by atoms with E-state index >= 15 is 0 Å². The Balaban J connectivity index is 1.52. The van der Waals surface area contributed by atoms with E-state index in [1.807, 2.05) is 0 Å². The molecule has 1 atom stereocenters. The zero-order chi connectivity index (χ0) is 18.9. The summed E-state index contributed by atoms with van der Waals surface area (Å²) in [5, 5.41) is 3.48. The number of likely N-dealkylation sites (tertiary alicyclic amines) is 1. The van der Waals surface area contributed by atoms with Crippen molar-refractivity contribution in [2.45, 2.75) is 45.6 Å². The molecule has 2 aliphatic heterocycles. The largest absolute Gasteiger partial charge is 0.370 e. The molecule has 0 aliphatic carbocycles. The Bertz CT molecular complexity index is 598. The fourth-order valence-corrected chi connectivity index (χ4v) is 4.04. The molecule has 2 aliphatic rings. The van der Waals surface area contributed by atoms with Gasteiger partial charge in [0.1, 0.15) is 6.10 Å². The lowest BCUT2D eigenvalue weighted by Crippen LogP contribution is -2.48. The third kappa shape index (κ3) is 5.94. The van der Waals surface area contributed by atoms with E-state index in [4.69, 9.17) is 9.73 Å². The van der Waals surface area contributed by atoms with Crippen LogP contribution in [0.3, 0.4) is 0 Å². The van der Waals surface area contributed by atoms with Gasteiger partial charge in [-0.05, 0) is 70.3 Å². The van der Waals surface area contributed by atoms with Crippen molar-refractivity contribution in [3.63, 3.8) is 0 Å². The van der Waals surface area contributed by atoms with Gasteiger partial charge in [0.15, 0.2) is 5.96 Å². The number of hydrogen-bond donors (Lipinski definition) is 1. The van der Waals surface area contributed by atoms with E-state index in [1.54, 1.807) is 0 Å². The second kappa shape index (κ2) is 10.7. The lowest BCUT2D eigenvalue weighted by molar-refractivity contribution is -0.00832. The summed E-state index contributed by atoms with van der Waals surface area (Å²) < 4.78 is 6.07. The van der Waals surface area contributed by atoms with Crippen LogP contribution in [0, 0.1) is 6.92 Å². The molecule has 2 saturated heterocycles. The molecule has 0 aromatic heterocycles. The first-order valence-electron chi connectivity index (χ1n) is 10.7. The minimum atomic E-state index is 0.124. The smallest absolute Gasteiger partial charge is 0.194 e. The van der Waals surface area contributed by atoms with Gasteiger partial charge in [0, 0.05) is 19.6 Å². The van der Waals surface area contributed by atoms with Gasteiger partial charge in [-0.2, -0.15) is 0 Å². The minimum absolute atomic E-state index is 0.124. The number of ether oxygens (including phenoxy) is 1. The molecule has 2 fully saturated rings. The van der Waals surface area contributed by atoms with Crippen LogP contribution >= 0.6 is 0 Å². The van der Waals surface area contributed by atoms with Crippen LogP contribution in [0.5, 0.6) is 0 Å². The Kier molecular flexibility index (Phi) is 7.96. The Labute approximate surface area is 164 Å². The zero-order valence-corrected chi connectivity index (χ0v) is 17.1. The van der Waals surface area contributed by atoms with Crippen molar-refractivity contribution in [2.24, 2.45) is 4.99 Å². The van der Waals surface area contributed by atoms with Crippen LogP contribution in [0.2, 0.25) is 0 Å². The summed E-state index contributed by atoms with van der Waals surface area (Å²) in [4.78, 5) is 9.86. The van der Waals surface area contributed by atoms with Crippen molar-refractivity contribution in [3.8, 4) is 0 Å². The molecule has 1 unspecified atom stereocenters. The van der Waals surface area contributed by atoms with Gasteiger partial charge in [-0.3, -0.25) is 4.99 Å². The highest BCUT2D eigenvalue weighted by Crippen LogP contribution is 2.25. The fraction of sp³-hybridized carbons (Fsp3) is 0.682. The molecule has 0 spiro atoms. The first kappa shape index (κ1) is 20.2. The van der Waals surface area contributed by atoms with Gasteiger partial charge in [-0.25, -0.2) is 0 Å². The quantitative estimate of drug-likeness (QED) is 0.453. The lowest BCUT2D eigenvalue weighted by atomic mass is 10.0. The molecule has 150 valence electrons. The molecule has 1 aromatic carbocycles. The Morgan fingerprint density at radius 1 is 1.19 bits per heavy atom. The van der Waals surface area contributed by atoms with Gasteiger partial charge < -0.3 is 19.9 Å². The van der Waals surface area contributed by atoms with Crippen molar-refractivity contribution < 1.29 is 4.74 Å². The predicted molar refractivity (Wildman–Crippen MR) is 112 cm³/mol. The maximum Gasteiger partial charge on any atom is 0.194 e. The highest BCUT2D eigenvalue weighted by atomic mass is 16.5. The van der Waals surface area contributed by atoms with Crippen LogP contribution < -0.4 is 5.32 Å². The third-order valence-corrected chi connectivity index (χ3v) is 5.58. The van der Waals surface area contributed by atoms with E-state index in [1.165, 1.54) is 50.0 Å². The van der Waals surface area contributed by atoms with Crippen LogP contribution in [0.15, 0.2) is 29.3 Å². The van der Waals surface area contributed by atoms with Crippen molar-refractivity contribution in [3.05, 3.63) is 35.4 Å². The molecule has 5 heteroatoms. The van der Waals surface area contributed by atoms with Gasteiger partial charge in [0.05, 0.1) is 13.2 Å². The number of unbranched alkanes of at least 4 members (excludes halogenated alkanes) is 1. The number of nitrogens with one attached hydrogen (secondary N) is 1. The molecule has 0 radical (unpaired) electrons. The molecule has 27 heavy (non-hydrogen) atoms. The first-order valence-corrected chi connectivity index (χ1v) is 10.7. The number of rotatable bonds is 7. The molecular weight excluding hydrogens is 336 g/mol. The number of aliphatic imine (C=N–C) groups is 1. The molecule has 5 nitrogen and oxygen atoms in total. The SMILES string of the molecule is CCNC(=NCCCCN1CCCC1)N1CCOC(c2ccccc2C)C1. The first-order chi connectivity index (χ1) is 13.3. The summed E-state index contributed by atoms with van der Waals surface area (Å²) in [6, 6.07) is 8.54. The molecule has 3 rings (SSSR count). The number of benzene rings is 1. The van der Waals surface area contributed by atoms with E-state index in [0.717, 1.165) is 45.2 Å². The lowest BCUT2D eigenvalue weighted by Gasteiger charge is -2.35. The van der Waals surface area contributed by atoms with Crippen molar-refractivity contribution in [1.82, 2.24) is 15.1 Å². The van der Waals surface area contributed by atoms with Gasteiger partial charge in [-0.15, -0.1) is 0 Å². The van der Waals surface area contributed by atoms with Crippen LogP contribution in [-0.2, 0) is 4.74 Å². The highest BCUT2D eigenvalue weighted by Gasteiger charge is 2.25. The summed E-state index contributed by atoms with van der Waals surface area (Å²) in [5.41, 5.74) is 2.59. The van der Waals surface area contributed by atoms with Gasteiger partial charge in [-0.1, -0.05) is 24.3 Å². The average Bonchev–Trinajstić information content (AvgIpc) is 3.21. The number of nitrogens with zero attached hydrogens (tertiary/aromatic N) is 3. The predicted octanol–water partition coefficient (Wildman–Crippen LogP) is 3.21. The third-order valence-electron chi connectivity index (χ3n) is 5.58. The van der Waals surface area contributed by atoms with Crippen molar-refractivity contribution in [1.29, 1.82) is 0 Å². The number of aryl methyl sites for hydroxylation is 1. The van der Waals surface area contributed by atoms with Crippen LogP contribution in [0.25, 0.3) is 0 Å². The number of hydrogen-bond acceptors (Lipinski definition) is 3. The summed E-state index contributed by atoms with van der Waals surface area (Å²) >= 11 is 0. The van der Waals surface area contributed by atoms with Crippen LogP contribution in [0.1, 0.15) is 49.8 Å². The van der Waals surface area contributed by atoms with Gasteiger partial charge >= 0.3 is 0 Å². The fourth-order valence-electron chi connectivity index (χ4n) is 4.04. The molecule has 0 amide bonds. The van der Waals surface area contributed by atoms with Gasteiger partial charge in [0.25, 0.3) is 0 Å². The molecule has 1 aromatic rings. The molecule has 1 N–H and O–H groups in total. The average molecular weight is 373 g/mol. The van der Waals surface area contributed by atoms with Crippen LogP contribution in [0.4, 0.5) is 0 Å². The Morgan fingerprint density at radius 3 is 2.78 bits per heavy atom. The molecule has 0 saturated carbocycles. The molecule has 0 bridgehead atoms. The summed E-state index contributed by atoms with van der Waals surface area (Å²) in [7, 11) is 0. The number of morpholine rings is 1. The zero-order valence-electron chi connectivity index (χ0n) is 17.1. The van der Waals surface area contributed by atoms with Crippen molar-refractivity contribution in [2.75, 3.05) is 52.4 Å². The molecular formula is C22H36N4O. The monoisotopic (exact) mass is 372 g/mol. The van der Waals surface area contributed by atoms with Crippen molar-refractivity contribution >= 4 is 5.96 Å². The van der Waals surface area contributed by atoms with E-state index < -0.39 is 0 Å². The summed E-state index contributed by atoms with van der Waals surface area (Å²) in [6.45, 7) is 12.4. The van der Waals surface area contributed by atoms with E-state index in [-0.39, 0.29) is 6.10 Å². The summed E-state index contributed by atoms with van der Waals surface area (Å²) in [6.07, 6.45) is 5.29. The Morgan fingerprint density at radius 2 is 2.00 bits per heavy atom. The maximum atomic E-state index is 6.07. The van der Waals surface area contributed by atoms with E-state index in [9.17, 15) is 0 Å². The normalized spacial score (nSPS) is 21.6. The second-order valence-electron chi connectivity index (χ2n) is 7.65. The highest BCUT2D eigenvalue weighted by molar-refractivity contribution is 5.80. The van der Waals surface area contributed by atoms with Gasteiger partial charge in [0.2, 0.25) is 0 Å². The van der Waals surface area contributed by atoms with E-state index in [0.29, 0.717) is 0 Å². The topological polar surface area (TPSA) is 40.1 Å². The number of guanidine groups is 1. The molecule has 2 heterocycles. The minimum Gasteiger partial charge on any atom is -0.370 e. The standard InChI is InChI=1S/C22H36N4O/c1-3-23-22(24-12-6-7-13-25-14-8-9-15-25)26-16-17-27-21(18-26)20-11-5-4-10-19(20)2/h4-5,10-11,21H,3,6-9,12-18H2,1-2H3,(H,23,24). The van der Waals surface area contributed by atoms with E-state index in [2.05, 4.69) is 53.2 Å². The summed E-state index contributed by atoms with van der Waals surface area (Å²) in [5.74, 6) is 1.04. The second-order valence-corrected chi connectivity index (χ2v) is 7.65. The maximum absolute atomic E-state index is 6.07. The Hall–Kier alpha value is -1.59.